The van der Waals surface area contributed by atoms with Gasteiger partial charge in [0.05, 0.1) is 16.7 Å². The van der Waals surface area contributed by atoms with Crippen molar-refractivity contribution in [2.75, 3.05) is 0 Å². The Bertz CT molecular complexity index is 840. The molecule has 0 aliphatic carbocycles. The molecule has 0 spiro atoms. The zero-order valence-corrected chi connectivity index (χ0v) is 11.8. The largest absolute Gasteiger partial charge is 0.487 e. The summed E-state index contributed by atoms with van der Waals surface area (Å²) in [5.74, 6) is 0.678. The molecule has 0 atom stereocenters. The molecule has 3 nitrogen and oxygen atoms in total. The van der Waals surface area contributed by atoms with Gasteiger partial charge in [-0.05, 0) is 42.0 Å². The molecule has 102 valence electrons. The first-order chi connectivity index (χ1) is 10.3. The molecule has 2 aromatic carbocycles. The molecule has 0 aliphatic heterocycles. The highest BCUT2D eigenvalue weighted by Gasteiger charge is 2.07. The van der Waals surface area contributed by atoms with Crippen molar-refractivity contribution in [1.82, 2.24) is 4.98 Å². The minimum Gasteiger partial charge on any atom is -0.487 e. The molecule has 0 fully saturated rings. The van der Waals surface area contributed by atoms with Gasteiger partial charge in [-0.25, -0.2) is 0 Å². The van der Waals surface area contributed by atoms with Crippen LogP contribution in [0.15, 0.2) is 54.7 Å². The van der Waals surface area contributed by atoms with Crippen molar-refractivity contribution in [2.24, 2.45) is 0 Å². The number of nitriles is 1. The van der Waals surface area contributed by atoms with Crippen LogP contribution in [0.4, 0.5) is 0 Å². The predicted octanol–water partition coefficient (Wildman–Crippen LogP) is 4.34. The van der Waals surface area contributed by atoms with Crippen molar-refractivity contribution in [3.05, 3.63) is 70.9 Å². The Labute approximate surface area is 127 Å². The molecule has 3 aromatic rings. The summed E-state index contributed by atoms with van der Waals surface area (Å²) in [5.41, 5.74) is 2.30. The lowest BCUT2D eigenvalue weighted by Crippen LogP contribution is -1.97. The minimum atomic E-state index is 0.378. The van der Waals surface area contributed by atoms with Crippen molar-refractivity contribution in [3.8, 4) is 11.8 Å². The summed E-state index contributed by atoms with van der Waals surface area (Å²) < 4.78 is 5.83. The Morgan fingerprint density at radius 2 is 2.05 bits per heavy atom. The molecule has 0 amide bonds. The van der Waals surface area contributed by atoms with Crippen LogP contribution < -0.4 is 4.74 Å². The third kappa shape index (κ3) is 2.81. The van der Waals surface area contributed by atoms with Gasteiger partial charge >= 0.3 is 0 Å². The summed E-state index contributed by atoms with van der Waals surface area (Å²) in [4.78, 5) is 4.33. The van der Waals surface area contributed by atoms with Gasteiger partial charge in [-0.15, -0.1) is 0 Å². The molecule has 21 heavy (non-hydrogen) atoms. The summed E-state index contributed by atoms with van der Waals surface area (Å²) in [6, 6.07) is 16.8. The average molecular weight is 295 g/mol. The number of pyridine rings is 1. The number of fused-ring (bicyclic) bond motifs is 1. The van der Waals surface area contributed by atoms with Crippen molar-refractivity contribution in [3.63, 3.8) is 0 Å². The van der Waals surface area contributed by atoms with Crippen LogP contribution >= 0.6 is 11.6 Å². The number of hydrogen-bond donors (Lipinski definition) is 0. The van der Waals surface area contributed by atoms with Gasteiger partial charge in [0.2, 0.25) is 0 Å². The first-order valence-electron chi connectivity index (χ1n) is 6.43. The van der Waals surface area contributed by atoms with Gasteiger partial charge in [0.25, 0.3) is 0 Å². The molecule has 0 saturated carbocycles. The molecule has 0 bridgehead atoms. The molecular formula is C17H11ClN2O. The van der Waals surface area contributed by atoms with Gasteiger partial charge in [0.1, 0.15) is 17.9 Å². The maximum atomic E-state index is 8.90. The maximum Gasteiger partial charge on any atom is 0.146 e. The van der Waals surface area contributed by atoms with E-state index in [1.807, 2.05) is 36.4 Å². The van der Waals surface area contributed by atoms with Gasteiger partial charge in [-0.3, -0.25) is 4.98 Å². The summed E-state index contributed by atoms with van der Waals surface area (Å²) in [6.45, 7) is 0.378. The number of ether oxygens (including phenoxy) is 1. The third-order valence-electron chi connectivity index (χ3n) is 3.13. The van der Waals surface area contributed by atoms with E-state index in [2.05, 4.69) is 11.1 Å². The molecular weight excluding hydrogens is 284 g/mol. The second-order valence-electron chi connectivity index (χ2n) is 4.55. The SMILES string of the molecule is N#Cc1cccc(COc2ccc(Cl)c3cccnc23)c1. The second kappa shape index (κ2) is 5.82. The van der Waals surface area contributed by atoms with Crippen LogP contribution in [0.5, 0.6) is 5.75 Å². The Morgan fingerprint density at radius 1 is 1.14 bits per heavy atom. The Hall–Kier alpha value is -2.57. The van der Waals surface area contributed by atoms with Crippen molar-refractivity contribution in [1.29, 1.82) is 5.26 Å². The molecule has 0 radical (unpaired) electrons. The number of halogens is 1. The van der Waals surface area contributed by atoms with Crippen LogP contribution in [0.2, 0.25) is 5.02 Å². The summed E-state index contributed by atoms with van der Waals surface area (Å²) in [5, 5.41) is 10.4. The van der Waals surface area contributed by atoms with Gasteiger partial charge in [0, 0.05) is 11.6 Å². The number of rotatable bonds is 3. The third-order valence-corrected chi connectivity index (χ3v) is 3.46. The number of benzene rings is 2. The number of hydrogen-bond acceptors (Lipinski definition) is 3. The van der Waals surface area contributed by atoms with E-state index in [1.165, 1.54) is 0 Å². The monoisotopic (exact) mass is 294 g/mol. The quantitative estimate of drug-likeness (QED) is 0.722. The van der Waals surface area contributed by atoms with Crippen LogP contribution in [0.1, 0.15) is 11.1 Å². The standard InChI is InChI=1S/C17H11ClN2O/c18-15-6-7-16(17-14(15)5-2-8-20-17)21-11-13-4-1-3-12(9-13)10-19/h1-9H,11H2. The van der Waals surface area contributed by atoms with Gasteiger partial charge in [0.15, 0.2) is 0 Å². The highest BCUT2D eigenvalue weighted by Crippen LogP contribution is 2.30. The molecule has 3 rings (SSSR count). The van der Waals surface area contributed by atoms with Crippen molar-refractivity contribution < 1.29 is 4.74 Å². The lowest BCUT2D eigenvalue weighted by molar-refractivity contribution is 0.309. The van der Waals surface area contributed by atoms with Crippen molar-refractivity contribution in [2.45, 2.75) is 6.61 Å². The van der Waals surface area contributed by atoms with Crippen LogP contribution in [0, 0.1) is 11.3 Å². The summed E-state index contributed by atoms with van der Waals surface area (Å²) in [7, 11) is 0. The molecule has 1 aromatic heterocycles. The zero-order valence-electron chi connectivity index (χ0n) is 11.1. The highest BCUT2D eigenvalue weighted by molar-refractivity contribution is 6.35. The number of aromatic nitrogens is 1. The highest BCUT2D eigenvalue weighted by atomic mass is 35.5. The summed E-state index contributed by atoms with van der Waals surface area (Å²) >= 11 is 6.15. The molecule has 0 aliphatic rings. The first kappa shape index (κ1) is 13.4. The first-order valence-corrected chi connectivity index (χ1v) is 6.81. The molecule has 0 N–H and O–H groups in total. The molecule has 0 saturated heterocycles. The fraction of sp³-hybridized carbons (Fsp3) is 0.0588. The van der Waals surface area contributed by atoms with E-state index in [0.29, 0.717) is 22.9 Å². The van der Waals surface area contributed by atoms with Crippen LogP contribution in [0.25, 0.3) is 10.9 Å². The van der Waals surface area contributed by atoms with E-state index >= 15 is 0 Å². The topological polar surface area (TPSA) is 45.9 Å². The van der Waals surface area contributed by atoms with E-state index in [0.717, 1.165) is 16.5 Å². The minimum absolute atomic E-state index is 0.378. The Kier molecular flexibility index (Phi) is 3.72. The van der Waals surface area contributed by atoms with E-state index in [1.54, 1.807) is 18.3 Å². The second-order valence-corrected chi connectivity index (χ2v) is 4.95. The zero-order chi connectivity index (χ0) is 14.7. The van der Waals surface area contributed by atoms with Crippen molar-refractivity contribution >= 4 is 22.5 Å². The molecule has 4 heteroatoms. The maximum absolute atomic E-state index is 8.90. The Morgan fingerprint density at radius 3 is 2.90 bits per heavy atom. The average Bonchev–Trinajstić information content (AvgIpc) is 2.55. The van der Waals surface area contributed by atoms with E-state index in [9.17, 15) is 0 Å². The molecule has 0 unspecified atom stereocenters. The fourth-order valence-electron chi connectivity index (χ4n) is 2.12. The van der Waals surface area contributed by atoms with E-state index in [-0.39, 0.29) is 0 Å². The number of nitrogens with zero attached hydrogens (tertiary/aromatic N) is 2. The Balaban J connectivity index is 1.89. The van der Waals surface area contributed by atoms with Gasteiger partial charge < -0.3 is 4.74 Å². The predicted molar refractivity (Wildman–Crippen MR) is 82.2 cm³/mol. The lowest BCUT2D eigenvalue weighted by atomic mass is 10.1. The smallest absolute Gasteiger partial charge is 0.146 e. The van der Waals surface area contributed by atoms with Gasteiger partial charge in [-0.1, -0.05) is 23.7 Å². The van der Waals surface area contributed by atoms with Gasteiger partial charge in [-0.2, -0.15) is 5.26 Å². The summed E-state index contributed by atoms with van der Waals surface area (Å²) in [6.07, 6.45) is 1.71. The van der Waals surface area contributed by atoms with Crippen LogP contribution in [-0.2, 0) is 6.61 Å². The normalized spacial score (nSPS) is 10.3. The van der Waals surface area contributed by atoms with E-state index < -0.39 is 0 Å². The lowest BCUT2D eigenvalue weighted by Gasteiger charge is -2.09. The molecule has 1 heterocycles. The van der Waals surface area contributed by atoms with E-state index in [4.69, 9.17) is 21.6 Å². The van der Waals surface area contributed by atoms with Crippen LogP contribution in [-0.4, -0.2) is 4.98 Å². The van der Waals surface area contributed by atoms with Crippen LogP contribution in [0.3, 0.4) is 0 Å². The fourth-order valence-corrected chi connectivity index (χ4v) is 2.34.